The van der Waals surface area contributed by atoms with E-state index in [1.807, 2.05) is 24.3 Å². The highest BCUT2D eigenvalue weighted by molar-refractivity contribution is 7.21. The Balaban J connectivity index is 1.63. The van der Waals surface area contributed by atoms with Crippen molar-refractivity contribution in [2.45, 2.75) is 13.3 Å². The molecule has 2 amide bonds. The van der Waals surface area contributed by atoms with Gasteiger partial charge in [-0.3, -0.25) is 14.4 Å². The summed E-state index contributed by atoms with van der Waals surface area (Å²) in [5.41, 5.74) is -0.922. The quantitative estimate of drug-likeness (QED) is 0.853. The molecule has 132 valence electrons. The molecule has 6 nitrogen and oxygen atoms in total. The SMILES string of the molecule is CC1(C(=O)O)CCN(C(=O)CNC(=O)c2sc3ccccc3c2Cl)C1. The zero-order valence-electron chi connectivity index (χ0n) is 13.5. The zero-order valence-corrected chi connectivity index (χ0v) is 15.1. The first kappa shape index (κ1) is 17.7. The van der Waals surface area contributed by atoms with Crippen LogP contribution in [0.15, 0.2) is 24.3 Å². The van der Waals surface area contributed by atoms with Crippen molar-refractivity contribution in [2.24, 2.45) is 5.41 Å². The highest BCUT2D eigenvalue weighted by Crippen LogP contribution is 2.35. The smallest absolute Gasteiger partial charge is 0.311 e. The molecule has 1 aliphatic rings. The van der Waals surface area contributed by atoms with Crippen LogP contribution in [0.25, 0.3) is 10.1 Å². The predicted molar refractivity (Wildman–Crippen MR) is 96.1 cm³/mol. The summed E-state index contributed by atoms with van der Waals surface area (Å²) >= 11 is 7.53. The van der Waals surface area contributed by atoms with Crippen molar-refractivity contribution in [2.75, 3.05) is 19.6 Å². The fourth-order valence-corrected chi connectivity index (χ4v) is 4.29. The van der Waals surface area contributed by atoms with E-state index < -0.39 is 17.3 Å². The van der Waals surface area contributed by atoms with E-state index in [4.69, 9.17) is 11.6 Å². The van der Waals surface area contributed by atoms with E-state index in [1.54, 1.807) is 6.92 Å². The van der Waals surface area contributed by atoms with Crippen LogP contribution in [-0.2, 0) is 9.59 Å². The molecule has 2 heterocycles. The molecule has 0 radical (unpaired) electrons. The minimum Gasteiger partial charge on any atom is -0.481 e. The number of rotatable bonds is 4. The van der Waals surface area contributed by atoms with Gasteiger partial charge in [-0.1, -0.05) is 29.8 Å². The van der Waals surface area contributed by atoms with E-state index in [-0.39, 0.29) is 19.0 Å². The second-order valence-corrected chi connectivity index (χ2v) is 7.79. The highest BCUT2D eigenvalue weighted by Gasteiger charge is 2.42. The maximum absolute atomic E-state index is 12.3. The zero-order chi connectivity index (χ0) is 18.2. The van der Waals surface area contributed by atoms with E-state index in [0.29, 0.717) is 22.9 Å². The summed E-state index contributed by atoms with van der Waals surface area (Å²) in [6.45, 7) is 1.97. The average molecular weight is 381 g/mol. The monoisotopic (exact) mass is 380 g/mol. The summed E-state index contributed by atoms with van der Waals surface area (Å²) < 4.78 is 0.903. The van der Waals surface area contributed by atoms with Gasteiger partial charge in [-0.15, -0.1) is 11.3 Å². The number of halogens is 1. The van der Waals surface area contributed by atoms with E-state index in [1.165, 1.54) is 16.2 Å². The van der Waals surface area contributed by atoms with Crippen molar-refractivity contribution in [3.63, 3.8) is 0 Å². The Bertz CT molecular complexity index is 865. The molecule has 1 aliphatic heterocycles. The Hall–Kier alpha value is -2.12. The number of nitrogens with one attached hydrogen (secondary N) is 1. The molecule has 1 saturated heterocycles. The van der Waals surface area contributed by atoms with Gasteiger partial charge in [0.05, 0.1) is 17.0 Å². The van der Waals surface area contributed by atoms with Gasteiger partial charge in [0.1, 0.15) is 4.88 Å². The number of thiophene rings is 1. The van der Waals surface area contributed by atoms with Crippen LogP contribution < -0.4 is 5.32 Å². The number of hydrogen-bond acceptors (Lipinski definition) is 4. The van der Waals surface area contributed by atoms with Gasteiger partial charge in [0, 0.05) is 23.2 Å². The standard InChI is InChI=1S/C17H17ClN2O4S/c1-17(16(23)24)6-7-20(9-17)12(21)8-19-15(22)14-13(18)10-4-2-3-5-11(10)25-14/h2-5H,6-9H2,1H3,(H,19,22)(H,23,24). The summed E-state index contributed by atoms with van der Waals surface area (Å²) in [5, 5.41) is 13.0. The second kappa shape index (κ2) is 6.65. The van der Waals surface area contributed by atoms with Crippen LogP contribution in [0.4, 0.5) is 0 Å². The lowest BCUT2D eigenvalue weighted by Gasteiger charge is -2.20. The van der Waals surface area contributed by atoms with Crippen LogP contribution in [0.2, 0.25) is 5.02 Å². The van der Waals surface area contributed by atoms with Gasteiger partial charge in [-0.05, 0) is 19.4 Å². The van der Waals surface area contributed by atoms with Gasteiger partial charge >= 0.3 is 5.97 Å². The molecule has 8 heteroatoms. The number of nitrogens with zero attached hydrogens (tertiary/aromatic N) is 1. The second-order valence-electron chi connectivity index (χ2n) is 6.36. The number of carboxylic acids is 1. The largest absolute Gasteiger partial charge is 0.481 e. The molecule has 0 aliphatic carbocycles. The normalized spacial score (nSPS) is 20.0. The summed E-state index contributed by atoms with van der Waals surface area (Å²) in [4.78, 5) is 37.7. The summed E-state index contributed by atoms with van der Waals surface area (Å²) in [6, 6.07) is 7.43. The lowest BCUT2D eigenvalue weighted by Crippen LogP contribution is -2.40. The fraction of sp³-hybridized carbons (Fsp3) is 0.353. The molecule has 2 N–H and O–H groups in total. The maximum atomic E-state index is 12.3. The van der Waals surface area contributed by atoms with E-state index >= 15 is 0 Å². The number of fused-ring (bicyclic) bond motifs is 1. The topological polar surface area (TPSA) is 86.7 Å². The Labute approximate surface area is 153 Å². The van der Waals surface area contributed by atoms with Gasteiger partial charge in [-0.2, -0.15) is 0 Å². The van der Waals surface area contributed by atoms with Crippen LogP contribution in [0.5, 0.6) is 0 Å². The lowest BCUT2D eigenvalue weighted by atomic mass is 9.90. The molecule has 0 saturated carbocycles. The van der Waals surface area contributed by atoms with Gasteiger partial charge in [0.2, 0.25) is 5.91 Å². The number of amides is 2. The molecule has 25 heavy (non-hydrogen) atoms. The number of aliphatic carboxylic acids is 1. The minimum absolute atomic E-state index is 0.153. The predicted octanol–water partition coefficient (Wildman–Crippen LogP) is 2.61. The molecule has 1 unspecified atom stereocenters. The first-order valence-corrected chi connectivity index (χ1v) is 8.98. The van der Waals surface area contributed by atoms with Crippen molar-refractivity contribution in [1.29, 1.82) is 0 Å². The Morgan fingerprint density at radius 2 is 2.08 bits per heavy atom. The molecule has 2 aromatic rings. The molecule has 0 bridgehead atoms. The average Bonchev–Trinajstić information content (AvgIpc) is 3.15. The highest BCUT2D eigenvalue weighted by atomic mass is 35.5. The number of likely N-dealkylation sites (tertiary alicyclic amines) is 1. The molecule has 1 fully saturated rings. The molecule has 3 rings (SSSR count). The van der Waals surface area contributed by atoms with Crippen LogP contribution in [-0.4, -0.2) is 47.4 Å². The van der Waals surface area contributed by atoms with E-state index in [0.717, 1.165) is 10.1 Å². The number of carboxylic acid groups (broad SMARTS) is 1. The van der Waals surface area contributed by atoms with Crippen LogP contribution in [0, 0.1) is 5.41 Å². The summed E-state index contributed by atoms with van der Waals surface area (Å²) in [5.74, 6) is -1.61. The Morgan fingerprint density at radius 3 is 2.72 bits per heavy atom. The van der Waals surface area contributed by atoms with Crippen molar-refractivity contribution >= 4 is 50.8 Å². The Kier molecular flexibility index (Phi) is 4.71. The van der Waals surface area contributed by atoms with Gasteiger partial charge < -0.3 is 15.3 Å². The van der Waals surface area contributed by atoms with Gasteiger partial charge in [0.25, 0.3) is 5.91 Å². The molecule has 1 aromatic heterocycles. The first-order chi connectivity index (χ1) is 11.8. The molecule has 1 atom stereocenters. The summed E-state index contributed by atoms with van der Waals surface area (Å²) in [7, 11) is 0. The van der Waals surface area contributed by atoms with Crippen LogP contribution in [0.1, 0.15) is 23.0 Å². The van der Waals surface area contributed by atoms with Crippen LogP contribution in [0.3, 0.4) is 0 Å². The minimum atomic E-state index is -0.922. The number of hydrogen-bond donors (Lipinski definition) is 2. The third-order valence-corrected chi connectivity index (χ3v) is 6.16. The third-order valence-electron chi connectivity index (χ3n) is 4.48. The molecule has 0 spiro atoms. The summed E-state index contributed by atoms with van der Waals surface area (Å²) in [6.07, 6.45) is 0.407. The number of carbonyl (C=O) groups excluding carboxylic acids is 2. The van der Waals surface area contributed by atoms with Crippen molar-refractivity contribution < 1.29 is 19.5 Å². The lowest BCUT2D eigenvalue weighted by molar-refractivity contribution is -0.147. The van der Waals surface area contributed by atoms with Crippen molar-refractivity contribution in [3.8, 4) is 0 Å². The third kappa shape index (κ3) is 3.34. The van der Waals surface area contributed by atoms with Gasteiger partial charge in [-0.25, -0.2) is 0 Å². The number of benzene rings is 1. The number of carbonyl (C=O) groups is 3. The van der Waals surface area contributed by atoms with Crippen LogP contribution >= 0.6 is 22.9 Å². The van der Waals surface area contributed by atoms with Crippen molar-refractivity contribution in [1.82, 2.24) is 10.2 Å². The maximum Gasteiger partial charge on any atom is 0.311 e. The Morgan fingerprint density at radius 1 is 1.36 bits per heavy atom. The first-order valence-electron chi connectivity index (χ1n) is 7.78. The van der Waals surface area contributed by atoms with Crippen molar-refractivity contribution in [3.05, 3.63) is 34.2 Å². The fourth-order valence-electron chi connectivity index (χ4n) is 2.86. The molecule has 1 aromatic carbocycles. The molecular formula is C17H17ClN2O4S. The van der Waals surface area contributed by atoms with E-state index in [9.17, 15) is 19.5 Å². The van der Waals surface area contributed by atoms with Gasteiger partial charge in [0.15, 0.2) is 0 Å². The van der Waals surface area contributed by atoms with E-state index in [2.05, 4.69) is 5.32 Å². The molecular weight excluding hydrogens is 364 g/mol.